The van der Waals surface area contributed by atoms with Gasteiger partial charge >= 0.3 is 5.76 Å². The van der Waals surface area contributed by atoms with Crippen LogP contribution in [0.3, 0.4) is 0 Å². The molecule has 2 unspecified atom stereocenters. The number of nitrogens with one attached hydrogen (secondary N) is 2. The Balaban J connectivity index is 1.80. The Morgan fingerprint density at radius 2 is 2.33 bits per heavy atom. The number of hydrogen-bond acceptors (Lipinski definition) is 4. The van der Waals surface area contributed by atoms with E-state index in [1.54, 1.807) is 0 Å². The van der Waals surface area contributed by atoms with Crippen molar-refractivity contribution in [1.29, 1.82) is 0 Å². The first-order valence-electron chi connectivity index (χ1n) is 6.21. The SMILES string of the molecule is CC1CC(Nc2ccc3oc(=O)[nH]c3c2)CN1C. The molecule has 2 N–H and O–H groups in total. The topological polar surface area (TPSA) is 61.3 Å². The number of aromatic nitrogens is 1. The number of H-pyrrole nitrogens is 1. The Morgan fingerprint density at radius 1 is 1.50 bits per heavy atom. The van der Waals surface area contributed by atoms with E-state index in [4.69, 9.17) is 4.42 Å². The van der Waals surface area contributed by atoms with Gasteiger partial charge in [-0.25, -0.2) is 4.79 Å². The Labute approximate surface area is 105 Å². The highest BCUT2D eigenvalue weighted by Crippen LogP contribution is 2.21. The smallest absolute Gasteiger partial charge is 0.408 e. The van der Waals surface area contributed by atoms with Crippen molar-refractivity contribution in [2.75, 3.05) is 18.9 Å². The molecule has 18 heavy (non-hydrogen) atoms. The number of anilines is 1. The lowest BCUT2D eigenvalue weighted by Gasteiger charge is -2.14. The standard InChI is InChI=1S/C13H17N3O2/c1-8-5-10(7-16(8)2)14-9-3-4-12-11(6-9)15-13(17)18-12/h3-4,6,8,10,14H,5,7H2,1-2H3,(H,15,17). The third-order valence-corrected chi connectivity index (χ3v) is 3.68. The Kier molecular flexibility index (Phi) is 2.63. The highest BCUT2D eigenvalue weighted by atomic mass is 16.4. The second kappa shape index (κ2) is 4.17. The zero-order valence-electron chi connectivity index (χ0n) is 10.6. The molecule has 0 bridgehead atoms. The Hall–Kier alpha value is -1.75. The molecule has 1 aromatic carbocycles. The van der Waals surface area contributed by atoms with E-state index in [1.165, 1.54) is 0 Å². The molecule has 1 aliphatic heterocycles. The third kappa shape index (κ3) is 2.01. The van der Waals surface area contributed by atoms with Crippen molar-refractivity contribution >= 4 is 16.8 Å². The van der Waals surface area contributed by atoms with Crippen LogP contribution in [0.2, 0.25) is 0 Å². The third-order valence-electron chi connectivity index (χ3n) is 3.68. The summed E-state index contributed by atoms with van der Waals surface area (Å²) < 4.78 is 4.98. The van der Waals surface area contributed by atoms with Crippen molar-refractivity contribution in [3.8, 4) is 0 Å². The van der Waals surface area contributed by atoms with Crippen LogP contribution < -0.4 is 11.1 Å². The van der Waals surface area contributed by atoms with Crippen molar-refractivity contribution < 1.29 is 4.42 Å². The minimum absolute atomic E-state index is 0.406. The highest BCUT2D eigenvalue weighted by molar-refractivity contribution is 5.76. The summed E-state index contributed by atoms with van der Waals surface area (Å²) in [7, 11) is 2.14. The average molecular weight is 247 g/mol. The van der Waals surface area contributed by atoms with Crippen molar-refractivity contribution in [2.45, 2.75) is 25.4 Å². The van der Waals surface area contributed by atoms with Crippen LogP contribution in [-0.4, -0.2) is 35.6 Å². The lowest BCUT2D eigenvalue weighted by Crippen LogP contribution is -2.24. The van der Waals surface area contributed by atoms with Crippen LogP contribution in [0.15, 0.2) is 27.4 Å². The number of nitrogens with zero attached hydrogens (tertiary/aromatic N) is 1. The van der Waals surface area contributed by atoms with E-state index in [0.29, 0.717) is 17.7 Å². The van der Waals surface area contributed by atoms with Gasteiger partial charge in [0.1, 0.15) is 0 Å². The predicted octanol–water partition coefficient (Wildman–Crippen LogP) is 1.63. The van der Waals surface area contributed by atoms with Crippen LogP contribution >= 0.6 is 0 Å². The molecule has 0 spiro atoms. The molecule has 5 nitrogen and oxygen atoms in total. The molecular formula is C13H17N3O2. The monoisotopic (exact) mass is 247 g/mol. The van der Waals surface area contributed by atoms with E-state index in [1.807, 2.05) is 18.2 Å². The number of likely N-dealkylation sites (N-methyl/N-ethyl adjacent to an activating group) is 1. The summed E-state index contributed by atoms with van der Waals surface area (Å²) in [5.41, 5.74) is 2.36. The second-order valence-corrected chi connectivity index (χ2v) is 5.09. The molecular weight excluding hydrogens is 230 g/mol. The van der Waals surface area contributed by atoms with E-state index in [0.717, 1.165) is 24.2 Å². The normalized spacial score (nSPS) is 24.8. The van der Waals surface area contributed by atoms with E-state index in [2.05, 4.69) is 29.2 Å². The van der Waals surface area contributed by atoms with E-state index in [-0.39, 0.29) is 0 Å². The zero-order valence-corrected chi connectivity index (χ0v) is 10.6. The molecule has 3 rings (SSSR count). The predicted molar refractivity (Wildman–Crippen MR) is 71.0 cm³/mol. The molecule has 2 atom stereocenters. The molecule has 2 aromatic rings. The van der Waals surface area contributed by atoms with Crippen molar-refractivity contribution in [1.82, 2.24) is 9.88 Å². The Morgan fingerprint density at radius 3 is 3.06 bits per heavy atom. The van der Waals surface area contributed by atoms with Gasteiger partial charge in [0.05, 0.1) is 5.52 Å². The van der Waals surface area contributed by atoms with Gasteiger partial charge in [-0.05, 0) is 38.6 Å². The molecule has 1 aliphatic rings. The first kappa shape index (κ1) is 11.3. The van der Waals surface area contributed by atoms with E-state index >= 15 is 0 Å². The fourth-order valence-corrected chi connectivity index (χ4v) is 2.58. The van der Waals surface area contributed by atoms with E-state index in [9.17, 15) is 4.79 Å². The maximum atomic E-state index is 11.1. The molecule has 1 aromatic heterocycles. The summed E-state index contributed by atoms with van der Waals surface area (Å²) in [6, 6.07) is 6.75. The molecule has 0 radical (unpaired) electrons. The van der Waals surface area contributed by atoms with Crippen LogP contribution in [-0.2, 0) is 0 Å². The first-order chi connectivity index (χ1) is 8.61. The van der Waals surface area contributed by atoms with Crippen LogP contribution in [0.5, 0.6) is 0 Å². The summed E-state index contributed by atoms with van der Waals surface area (Å²) in [6.45, 7) is 3.28. The van der Waals surface area contributed by atoms with Crippen LogP contribution in [0.4, 0.5) is 5.69 Å². The summed E-state index contributed by atoms with van der Waals surface area (Å²) >= 11 is 0. The molecule has 5 heteroatoms. The quantitative estimate of drug-likeness (QED) is 0.846. The van der Waals surface area contributed by atoms with Gasteiger partial charge in [0.2, 0.25) is 0 Å². The molecule has 0 saturated carbocycles. The van der Waals surface area contributed by atoms with Gasteiger partial charge in [0.25, 0.3) is 0 Å². The molecule has 2 heterocycles. The van der Waals surface area contributed by atoms with Gasteiger partial charge in [-0.3, -0.25) is 4.98 Å². The van der Waals surface area contributed by atoms with E-state index < -0.39 is 5.76 Å². The number of rotatable bonds is 2. The largest absolute Gasteiger partial charge is 0.417 e. The van der Waals surface area contributed by atoms with Gasteiger partial charge in [-0.1, -0.05) is 0 Å². The summed E-state index contributed by atoms with van der Waals surface area (Å²) in [4.78, 5) is 16.1. The van der Waals surface area contributed by atoms with Crippen molar-refractivity contribution in [2.24, 2.45) is 0 Å². The van der Waals surface area contributed by atoms with Gasteiger partial charge in [0, 0.05) is 24.3 Å². The summed E-state index contributed by atoms with van der Waals surface area (Å²) in [6.07, 6.45) is 1.14. The fraction of sp³-hybridized carbons (Fsp3) is 0.462. The van der Waals surface area contributed by atoms with Gasteiger partial charge in [-0.2, -0.15) is 0 Å². The number of likely N-dealkylation sites (tertiary alicyclic amines) is 1. The molecule has 96 valence electrons. The highest BCUT2D eigenvalue weighted by Gasteiger charge is 2.25. The molecule has 1 saturated heterocycles. The van der Waals surface area contributed by atoms with Crippen LogP contribution in [0.25, 0.3) is 11.1 Å². The van der Waals surface area contributed by atoms with Crippen LogP contribution in [0, 0.1) is 0 Å². The number of aromatic amines is 1. The lowest BCUT2D eigenvalue weighted by atomic mass is 10.2. The number of fused-ring (bicyclic) bond motifs is 1. The number of hydrogen-bond donors (Lipinski definition) is 2. The zero-order chi connectivity index (χ0) is 12.7. The van der Waals surface area contributed by atoms with Crippen LogP contribution in [0.1, 0.15) is 13.3 Å². The minimum Gasteiger partial charge on any atom is -0.408 e. The maximum Gasteiger partial charge on any atom is 0.417 e. The molecule has 0 amide bonds. The van der Waals surface area contributed by atoms with Gasteiger partial charge in [-0.15, -0.1) is 0 Å². The maximum absolute atomic E-state index is 11.1. The number of benzene rings is 1. The minimum atomic E-state index is -0.406. The van der Waals surface area contributed by atoms with Gasteiger partial charge < -0.3 is 14.6 Å². The molecule has 0 aliphatic carbocycles. The number of oxazole rings is 1. The van der Waals surface area contributed by atoms with Crippen molar-refractivity contribution in [3.05, 3.63) is 28.7 Å². The summed E-state index contributed by atoms with van der Waals surface area (Å²) in [5, 5.41) is 3.50. The van der Waals surface area contributed by atoms with Crippen molar-refractivity contribution in [3.63, 3.8) is 0 Å². The summed E-state index contributed by atoms with van der Waals surface area (Å²) in [5.74, 6) is -0.406. The molecule has 1 fully saturated rings. The lowest BCUT2D eigenvalue weighted by molar-refractivity contribution is 0.330. The average Bonchev–Trinajstić information content (AvgIpc) is 2.81. The first-order valence-corrected chi connectivity index (χ1v) is 6.21. The fourth-order valence-electron chi connectivity index (χ4n) is 2.58. The Bertz CT molecular complexity index is 606. The second-order valence-electron chi connectivity index (χ2n) is 5.09. The van der Waals surface area contributed by atoms with Gasteiger partial charge in [0.15, 0.2) is 5.58 Å².